The van der Waals surface area contributed by atoms with Gasteiger partial charge in [-0.25, -0.2) is 32.9 Å². The highest BCUT2D eigenvalue weighted by atomic mass is 32.2. The van der Waals surface area contributed by atoms with E-state index in [0.717, 1.165) is 56.5 Å². The van der Waals surface area contributed by atoms with Gasteiger partial charge in [-0.3, -0.25) is 0 Å². The summed E-state index contributed by atoms with van der Waals surface area (Å²) in [5.74, 6) is 1.23. The summed E-state index contributed by atoms with van der Waals surface area (Å²) in [5, 5.41) is 5.16. The van der Waals surface area contributed by atoms with Gasteiger partial charge in [-0.05, 0) is 61.1 Å². The Morgan fingerprint density at radius 1 is 1.14 bits per heavy atom. The molecule has 0 radical (unpaired) electrons. The van der Waals surface area contributed by atoms with Crippen molar-refractivity contribution in [1.29, 1.82) is 0 Å². The number of hydrogen-bond acceptors (Lipinski definition) is 10. The fraction of sp³-hybridized carbons (Fsp3) is 0.458. The number of fused-ring (bicyclic) bond motifs is 1. The zero-order valence-electron chi connectivity index (χ0n) is 20.5. The first-order valence-electron chi connectivity index (χ1n) is 12.1. The van der Waals surface area contributed by atoms with Crippen LogP contribution in [0.4, 0.5) is 5.95 Å². The molecule has 5 rings (SSSR count). The number of piperidine rings is 1. The van der Waals surface area contributed by atoms with Crippen molar-refractivity contribution in [2.24, 2.45) is 5.92 Å². The minimum atomic E-state index is -3.34. The summed E-state index contributed by atoms with van der Waals surface area (Å²) >= 11 is 1.39. The molecule has 1 unspecified atom stereocenters. The number of anilines is 1. The zero-order valence-corrected chi connectivity index (χ0v) is 22.2. The van der Waals surface area contributed by atoms with Gasteiger partial charge in [0, 0.05) is 43.5 Å². The molecule has 0 bridgehead atoms. The zero-order chi connectivity index (χ0) is 25.3. The lowest BCUT2D eigenvalue weighted by Crippen LogP contribution is -2.39. The fourth-order valence-corrected chi connectivity index (χ4v) is 5.75. The molecular weight excluding hydrogens is 498 g/mol. The predicted molar refractivity (Wildman–Crippen MR) is 138 cm³/mol. The predicted octanol–water partition coefficient (Wildman–Crippen LogP) is 3.68. The van der Waals surface area contributed by atoms with Gasteiger partial charge in [0.25, 0.3) is 5.19 Å². The summed E-state index contributed by atoms with van der Waals surface area (Å²) < 4.78 is 31.1. The van der Waals surface area contributed by atoms with Crippen LogP contribution in [0.3, 0.4) is 0 Å². The SMILES string of the molecule is CCCc1cnc(N2CCC(C(C)Oc3nn4cc(-c5ccc(S(C)(=O)=O)nc5)nc4s3)CC2)nc1. The molecule has 12 heteroatoms. The van der Waals surface area contributed by atoms with Crippen LogP contribution < -0.4 is 9.64 Å². The van der Waals surface area contributed by atoms with Gasteiger partial charge in [-0.2, -0.15) is 0 Å². The Bertz CT molecular complexity index is 1390. The van der Waals surface area contributed by atoms with Crippen LogP contribution in [0.5, 0.6) is 5.19 Å². The van der Waals surface area contributed by atoms with Gasteiger partial charge in [-0.1, -0.05) is 13.3 Å². The topological polar surface area (TPSA) is 115 Å². The molecule has 5 heterocycles. The molecule has 0 spiro atoms. The molecule has 0 N–H and O–H groups in total. The molecule has 1 aliphatic heterocycles. The summed E-state index contributed by atoms with van der Waals surface area (Å²) in [4.78, 5) is 20.7. The van der Waals surface area contributed by atoms with E-state index in [1.54, 1.807) is 16.8 Å². The molecule has 190 valence electrons. The van der Waals surface area contributed by atoms with Gasteiger partial charge >= 0.3 is 0 Å². The summed E-state index contributed by atoms with van der Waals surface area (Å²) in [6.45, 7) is 6.07. The number of imidazole rings is 1. The van der Waals surface area contributed by atoms with Crippen LogP contribution in [-0.2, 0) is 16.3 Å². The maximum atomic E-state index is 11.6. The third-order valence-corrected chi connectivity index (χ3v) is 8.25. The molecule has 0 aromatic carbocycles. The number of sulfone groups is 1. The Morgan fingerprint density at radius 3 is 2.50 bits per heavy atom. The first kappa shape index (κ1) is 24.6. The summed E-state index contributed by atoms with van der Waals surface area (Å²) in [6, 6.07) is 3.19. The third kappa shape index (κ3) is 5.34. The first-order chi connectivity index (χ1) is 17.3. The second kappa shape index (κ2) is 10.1. The Balaban J connectivity index is 1.18. The van der Waals surface area contributed by atoms with E-state index in [9.17, 15) is 8.42 Å². The maximum absolute atomic E-state index is 11.6. The summed E-state index contributed by atoms with van der Waals surface area (Å²) in [6.07, 6.45) is 12.5. The molecule has 1 saturated heterocycles. The van der Waals surface area contributed by atoms with Gasteiger partial charge in [0.2, 0.25) is 10.9 Å². The van der Waals surface area contributed by atoms with Crippen LogP contribution in [0.25, 0.3) is 16.2 Å². The smallest absolute Gasteiger partial charge is 0.294 e. The lowest BCUT2D eigenvalue weighted by atomic mass is 9.92. The minimum absolute atomic E-state index is 0.0306. The van der Waals surface area contributed by atoms with Crippen LogP contribution in [0.15, 0.2) is 41.9 Å². The highest BCUT2D eigenvalue weighted by molar-refractivity contribution is 7.90. The van der Waals surface area contributed by atoms with Crippen LogP contribution in [0.1, 0.15) is 38.7 Å². The monoisotopic (exact) mass is 527 g/mol. The largest absolute Gasteiger partial charge is 0.466 e. The number of hydrogen-bond donors (Lipinski definition) is 0. The van der Waals surface area contributed by atoms with Gasteiger partial charge in [0.15, 0.2) is 14.9 Å². The van der Waals surface area contributed by atoms with Crippen LogP contribution in [0.2, 0.25) is 0 Å². The van der Waals surface area contributed by atoms with E-state index < -0.39 is 9.84 Å². The minimum Gasteiger partial charge on any atom is -0.466 e. The highest BCUT2D eigenvalue weighted by Crippen LogP contribution is 2.30. The molecular formula is C24H29N7O3S2. The van der Waals surface area contributed by atoms with E-state index in [1.165, 1.54) is 29.2 Å². The Labute approximate surface area is 214 Å². The van der Waals surface area contributed by atoms with E-state index >= 15 is 0 Å². The van der Waals surface area contributed by atoms with Gasteiger partial charge in [0.1, 0.15) is 6.10 Å². The number of aromatic nitrogens is 6. The van der Waals surface area contributed by atoms with Gasteiger partial charge in [-0.15, -0.1) is 5.10 Å². The van der Waals surface area contributed by atoms with Crippen molar-refractivity contribution in [1.82, 2.24) is 29.5 Å². The van der Waals surface area contributed by atoms with Crippen molar-refractivity contribution in [3.8, 4) is 16.5 Å². The number of rotatable bonds is 8. The first-order valence-corrected chi connectivity index (χ1v) is 14.8. The molecule has 4 aromatic rings. The molecule has 1 fully saturated rings. The van der Waals surface area contributed by atoms with Crippen molar-refractivity contribution >= 4 is 32.1 Å². The Hall–Kier alpha value is -3.12. The van der Waals surface area contributed by atoms with Crippen LogP contribution in [0, 0.1) is 5.92 Å². The van der Waals surface area contributed by atoms with Gasteiger partial charge in [0.05, 0.1) is 11.9 Å². The Morgan fingerprint density at radius 2 is 1.89 bits per heavy atom. The molecule has 1 aliphatic rings. The Kier molecular flexibility index (Phi) is 6.89. The van der Waals surface area contributed by atoms with E-state index in [1.807, 2.05) is 12.4 Å². The summed E-state index contributed by atoms with van der Waals surface area (Å²) in [7, 11) is -3.34. The van der Waals surface area contributed by atoms with Crippen LogP contribution >= 0.6 is 11.3 Å². The lowest BCUT2D eigenvalue weighted by Gasteiger charge is -2.34. The van der Waals surface area contributed by atoms with Crippen molar-refractivity contribution in [3.05, 3.63) is 42.5 Å². The van der Waals surface area contributed by atoms with Crippen molar-refractivity contribution in [2.75, 3.05) is 24.2 Å². The fourth-order valence-electron chi connectivity index (χ4n) is 4.37. The molecule has 10 nitrogen and oxygen atoms in total. The molecule has 36 heavy (non-hydrogen) atoms. The van der Waals surface area contributed by atoms with E-state index in [0.29, 0.717) is 21.8 Å². The molecule has 4 aromatic heterocycles. The van der Waals surface area contributed by atoms with Crippen molar-refractivity contribution in [2.45, 2.75) is 50.7 Å². The normalized spacial score (nSPS) is 15.9. The van der Waals surface area contributed by atoms with Crippen LogP contribution in [-0.4, -0.2) is 63.4 Å². The second-order valence-corrected chi connectivity index (χ2v) is 12.0. The number of aryl methyl sites for hydroxylation is 1. The number of pyridine rings is 1. The third-order valence-electron chi connectivity index (χ3n) is 6.44. The quantitative estimate of drug-likeness (QED) is 0.338. The van der Waals surface area contributed by atoms with E-state index in [2.05, 4.69) is 43.8 Å². The average molecular weight is 528 g/mol. The number of ether oxygens (including phenoxy) is 1. The molecule has 1 atom stereocenters. The molecule has 0 amide bonds. The molecule has 0 saturated carbocycles. The second-order valence-electron chi connectivity index (χ2n) is 9.17. The molecule has 0 aliphatic carbocycles. The standard InChI is InChI=1S/C24H29N7O3S2/c1-4-5-17-12-26-22(27-13-17)30-10-8-18(9-11-30)16(2)34-24-29-31-15-20(28-23(31)35-24)19-6-7-21(25-14-19)36(3,32)33/h6-7,12-16,18H,4-5,8-11H2,1-3H3. The van der Waals surface area contributed by atoms with Gasteiger partial charge < -0.3 is 9.64 Å². The maximum Gasteiger partial charge on any atom is 0.294 e. The average Bonchev–Trinajstić information content (AvgIpc) is 3.43. The van der Waals surface area contributed by atoms with Crippen molar-refractivity contribution in [3.63, 3.8) is 0 Å². The van der Waals surface area contributed by atoms with E-state index in [4.69, 9.17) is 4.74 Å². The van der Waals surface area contributed by atoms with Crippen molar-refractivity contribution < 1.29 is 13.2 Å². The highest BCUT2D eigenvalue weighted by Gasteiger charge is 2.27. The lowest BCUT2D eigenvalue weighted by molar-refractivity contribution is 0.131. The van der Waals surface area contributed by atoms with E-state index in [-0.39, 0.29) is 11.1 Å². The number of nitrogens with zero attached hydrogens (tertiary/aromatic N) is 7. The summed E-state index contributed by atoms with van der Waals surface area (Å²) in [5.41, 5.74) is 2.59.